The zero-order chi connectivity index (χ0) is 22.2. The first-order valence-corrected chi connectivity index (χ1v) is 11.5. The predicted molar refractivity (Wildman–Crippen MR) is 121 cm³/mol. The van der Waals surface area contributed by atoms with Gasteiger partial charge in [0.1, 0.15) is 0 Å². The number of carbonyl (C=O) groups is 2. The van der Waals surface area contributed by atoms with E-state index in [1.807, 2.05) is 23.2 Å². The van der Waals surface area contributed by atoms with Gasteiger partial charge in [-0.3, -0.25) is 9.59 Å². The highest BCUT2D eigenvalue weighted by Gasteiger charge is 2.36. The molecule has 0 radical (unpaired) electrons. The number of nitrogens with zero attached hydrogens (tertiary/aromatic N) is 7. The second-order valence-electron chi connectivity index (χ2n) is 7.82. The summed E-state index contributed by atoms with van der Waals surface area (Å²) in [5.74, 6) is 2.16. The van der Waals surface area contributed by atoms with Crippen molar-refractivity contribution in [3.8, 4) is 0 Å². The largest absolute Gasteiger partial charge is 0.369 e. The van der Waals surface area contributed by atoms with Gasteiger partial charge in [0.25, 0.3) is 5.91 Å². The Kier molecular flexibility index (Phi) is 5.29. The lowest BCUT2D eigenvalue weighted by Gasteiger charge is -2.41. The molecule has 0 unspecified atom stereocenters. The Morgan fingerprint density at radius 3 is 2.81 bits per heavy atom. The highest BCUT2D eigenvalue weighted by Crippen LogP contribution is 2.28. The number of fused-ring (bicyclic) bond motifs is 1. The van der Waals surface area contributed by atoms with Crippen molar-refractivity contribution in [3.63, 3.8) is 0 Å². The first-order valence-electron chi connectivity index (χ1n) is 10.3. The van der Waals surface area contributed by atoms with Crippen molar-refractivity contribution in [2.24, 2.45) is 5.92 Å². The molecule has 12 heteroatoms. The molecule has 166 valence electrons. The molecule has 5 rings (SSSR count). The minimum absolute atomic E-state index is 0.0583. The van der Waals surface area contributed by atoms with Crippen molar-refractivity contribution in [1.82, 2.24) is 35.0 Å². The average molecular weight is 454 g/mol. The Morgan fingerprint density at radius 1 is 1.22 bits per heavy atom. The van der Waals surface area contributed by atoms with Crippen LogP contribution >= 0.6 is 11.8 Å². The van der Waals surface area contributed by atoms with Crippen LogP contribution in [0.25, 0.3) is 5.65 Å². The molecule has 0 bridgehead atoms. The van der Waals surface area contributed by atoms with Crippen LogP contribution in [0.1, 0.15) is 16.2 Å². The van der Waals surface area contributed by atoms with Crippen molar-refractivity contribution >= 4 is 46.5 Å². The number of hydrogen-bond acceptors (Lipinski definition) is 9. The quantitative estimate of drug-likeness (QED) is 0.580. The van der Waals surface area contributed by atoms with Gasteiger partial charge in [-0.15, -0.1) is 22.0 Å². The van der Waals surface area contributed by atoms with Gasteiger partial charge in [0.05, 0.1) is 35.1 Å². The Labute approximate surface area is 188 Å². The van der Waals surface area contributed by atoms with E-state index in [9.17, 15) is 9.59 Å². The first-order chi connectivity index (χ1) is 15.5. The number of pyridine rings is 1. The molecule has 5 heterocycles. The fourth-order valence-corrected chi connectivity index (χ4v) is 4.75. The molecular weight excluding hydrogens is 430 g/mol. The lowest BCUT2D eigenvalue weighted by Crippen LogP contribution is -2.54. The molecule has 0 aliphatic carbocycles. The molecule has 2 saturated heterocycles. The van der Waals surface area contributed by atoms with E-state index < -0.39 is 0 Å². The highest BCUT2D eigenvalue weighted by molar-refractivity contribution is 7.99. The van der Waals surface area contributed by atoms with Gasteiger partial charge in [0.2, 0.25) is 11.9 Å². The second kappa shape index (κ2) is 8.26. The maximum absolute atomic E-state index is 12.5. The third-order valence-electron chi connectivity index (χ3n) is 5.58. The summed E-state index contributed by atoms with van der Waals surface area (Å²) >= 11 is 1.81. The SMILES string of the molecule is CNC(=O)c1nnc(C)cc1Nc1nc2ccc(N3CC(C(=O)N4CCSC4)C3)cn2n1. The average Bonchev–Trinajstić information content (AvgIpc) is 3.41. The summed E-state index contributed by atoms with van der Waals surface area (Å²) in [5.41, 5.74) is 2.98. The summed E-state index contributed by atoms with van der Waals surface area (Å²) in [7, 11) is 1.54. The monoisotopic (exact) mass is 453 g/mol. The van der Waals surface area contributed by atoms with Crippen LogP contribution in [0.4, 0.5) is 17.3 Å². The van der Waals surface area contributed by atoms with Gasteiger partial charge in [-0.1, -0.05) is 0 Å². The number of hydrogen-bond donors (Lipinski definition) is 2. The number of thioether (sulfide) groups is 1. The Morgan fingerprint density at radius 2 is 2.06 bits per heavy atom. The number of rotatable bonds is 5. The standard InChI is InChI=1S/C20H23N9O2S/c1-12-7-15(17(25-24-12)18(30)21-2)22-20-23-16-4-3-14(10-29(16)26-20)28-8-13(9-28)19(31)27-5-6-32-11-27/h3-4,7,10,13H,5-6,8-9,11H2,1-2H3,(H,21,30)(H,22,24,26). The summed E-state index contributed by atoms with van der Waals surface area (Å²) in [4.78, 5) is 33.2. The summed E-state index contributed by atoms with van der Waals surface area (Å²) < 4.78 is 1.69. The summed E-state index contributed by atoms with van der Waals surface area (Å²) in [6.45, 7) is 4.07. The molecule has 2 amide bonds. The predicted octanol–water partition coefficient (Wildman–Crippen LogP) is 0.900. The Hall–Kier alpha value is -3.41. The number of amides is 2. The second-order valence-corrected chi connectivity index (χ2v) is 8.89. The van der Waals surface area contributed by atoms with Crippen LogP contribution in [0.15, 0.2) is 24.4 Å². The number of anilines is 3. The van der Waals surface area contributed by atoms with E-state index in [1.165, 1.54) is 7.05 Å². The Balaban J connectivity index is 1.31. The van der Waals surface area contributed by atoms with Crippen molar-refractivity contribution in [2.45, 2.75) is 6.92 Å². The highest BCUT2D eigenvalue weighted by atomic mass is 32.2. The zero-order valence-corrected chi connectivity index (χ0v) is 18.6. The Bertz CT molecular complexity index is 1190. The lowest BCUT2D eigenvalue weighted by molar-refractivity contribution is -0.134. The topological polar surface area (TPSA) is 121 Å². The minimum atomic E-state index is -0.347. The lowest BCUT2D eigenvalue weighted by atomic mass is 9.98. The van der Waals surface area contributed by atoms with Crippen molar-refractivity contribution in [1.29, 1.82) is 0 Å². The third-order valence-corrected chi connectivity index (χ3v) is 6.55. The molecule has 32 heavy (non-hydrogen) atoms. The van der Waals surface area contributed by atoms with Crippen LogP contribution in [0.2, 0.25) is 0 Å². The zero-order valence-electron chi connectivity index (χ0n) is 17.8. The van der Waals surface area contributed by atoms with E-state index in [1.54, 1.807) is 29.3 Å². The van der Waals surface area contributed by atoms with Gasteiger partial charge in [-0.05, 0) is 25.1 Å². The molecule has 2 fully saturated rings. The molecule has 2 N–H and O–H groups in total. The summed E-state index contributed by atoms with van der Waals surface area (Å²) in [6, 6.07) is 5.59. The van der Waals surface area contributed by atoms with Crippen LogP contribution in [-0.4, -0.2) is 79.8 Å². The molecule has 3 aromatic rings. The van der Waals surface area contributed by atoms with Gasteiger partial charge in [-0.25, -0.2) is 4.52 Å². The van der Waals surface area contributed by atoms with E-state index in [-0.39, 0.29) is 23.4 Å². The molecule has 2 aliphatic rings. The number of aryl methyl sites for hydroxylation is 1. The van der Waals surface area contributed by atoms with Crippen LogP contribution in [0.3, 0.4) is 0 Å². The van der Waals surface area contributed by atoms with E-state index in [4.69, 9.17) is 0 Å². The van der Waals surface area contributed by atoms with Crippen LogP contribution in [0, 0.1) is 12.8 Å². The van der Waals surface area contributed by atoms with Crippen molar-refractivity contribution < 1.29 is 9.59 Å². The van der Waals surface area contributed by atoms with E-state index in [0.29, 0.717) is 36.1 Å². The van der Waals surface area contributed by atoms with Crippen molar-refractivity contribution in [3.05, 3.63) is 35.8 Å². The van der Waals surface area contributed by atoms with E-state index in [0.717, 1.165) is 23.9 Å². The molecule has 11 nitrogen and oxygen atoms in total. The molecular formula is C20H23N9O2S. The van der Waals surface area contributed by atoms with E-state index in [2.05, 4.69) is 35.8 Å². The molecule has 2 aliphatic heterocycles. The normalized spacial score (nSPS) is 16.3. The molecule has 3 aromatic heterocycles. The van der Waals surface area contributed by atoms with Gasteiger partial charge in [0.15, 0.2) is 11.3 Å². The van der Waals surface area contributed by atoms with Crippen LogP contribution in [-0.2, 0) is 4.79 Å². The van der Waals surface area contributed by atoms with E-state index >= 15 is 0 Å². The van der Waals surface area contributed by atoms with Gasteiger partial charge in [0, 0.05) is 32.4 Å². The van der Waals surface area contributed by atoms with Crippen LogP contribution in [0.5, 0.6) is 0 Å². The van der Waals surface area contributed by atoms with Crippen LogP contribution < -0.4 is 15.5 Å². The fourth-order valence-electron chi connectivity index (χ4n) is 3.79. The third kappa shape index (κ3) is 3.81. The van der Waals surface area contributed by atoms with Crippen molar-refractivity contribution in [2.75, 3.05) is 48.5 Å². The number of aromatic nitrogens is 5. The number of carbonyl (C=O) groups excluding carboxylic acids is 2. The number of nitrogens with one attached hydrogen (secondary N) is 2. The molecule has 0 aromatic carbocycles. The maximum Gasteiger partial charge on any atom is 0.273 e. The van der Waals surface area contributed by atoms with Gasteiger partial charge >= 0.3 is 0 Å². The van der Waals surface area contributed by atoms with Gasteiger partial charge in [-0.2, -0.15) is 10.1 Å². The first kappa shape index (κ1) is 20.5. The fraction of sp³-hybridized carbons (Fsp3) is 0.400. The minimum Gasteiger partial charge on any atom is -0.369 e. The molecule has 0 spiro atoms. The molecule has 0 saturated carbocycles. The smallest absolute Gasteiger partial charge is 0.273 e. The summed E-state index contributed by atoms with van der Waals surface area (Å²) in [6.07, 6.45) is 1.90. The van der Waals surface area contributed by atoms with Gasteiger partial charge < -0.3 is 20.4 Å². The maximum atomic E-state index is 12.5. The molecule has 0 atom stereocenters. The summed E-state index contributed by atoms with van der Waals surface area (Å²) in [5, 5.41) is 18.1.